The van der Waals surface area contributed by atoms with Crippen molar-refractivity contribution in [2.75, 3.05) is 23.4 Å². The lowest BCUT2D eigenvalue weighted by molar-refractivity contribution is -0.139. The van der Waals surface area contributed by atoms with Crippen molar-refractivity contribution in [3.8, 4) is 5.75 Å². The van der Waals surface area contributed by atoms with Crippen LogP contribution < -0.4 is 10.1 Å². The number of hydrogen-bond acceptors (Lipinski definition) is 5. The van der Waals surface area contributed by atoms with Gasteiger partial charge in [0.25, 0.3) is 0 Å². The van der Waals surface area contributed by atoms with Crippen molar-refractivity contribution in [3.63, 3.8) is 0 Å². The summed E-state index contributed by atoms with van der Waals surface area (Å²) < 4.78 is 28.8. The molecule has 134 valence electrons. The fourth-order valence-corrected chi connectivity index (χ4v) is 3.65. The highest BCUT2D eigenvalue weighted by Gasteiger charge is 2.17. The molecule has 0 bridgehead atoms. The minimum Gasteiger partial charge on any atom is -0.481 e. The number of carbonyl (C=O) groups is 2. The third kappa shape index (κ3) is 5.18. The van der Waals surface area contributed by atoms with E-state index in [1.54, 1.807) is 43.3 Å². The summed E-state index contributed by atoms with van der Waals surface area (Å²) in [7, 11) is -3.43. The summed E-state index contributed by atoms with van der Waals surface area (Å²) in [6.07, 6.45) is 0.453. The minimum atomic E-state index is -3.43. The number of ether oxygens (including phenoxy) is 1. The summed E-state index contributed by atoms with van der Waals surface area (Å²) >= 11 is 0. The van der Waals surface area contributed by atoms with Gasteiger partial charge in [-0.05, 0) is 18.6 Å². The minimum absolute atomic E-state index is 0.0386. The van der Waals surface area contributed by atoms with Crippen molar-refractivity contribution in [3.05, 3.63) is 36.4 Å². The first-order valence-corrected chi connectivity index (χ1v) is 9.51. The molecule has 2 N–H and O–H groups in total. The largest absolute Gasteiger partial charge is 0.481 e. The van der Waals surface area contributed by atoms with Crippen molar-refractivity contribution in [2.24, 2.45) is 0 Å². The standard InChI is InChI=1S/C17H19NO6S/c1-2-9-25(22,23)11-16(19)18-14-7-8-15(24-10-17(20)21)13-6-4-3-5-12(13)14/h3-8H,2,9-11H2,1H3,(H,18,19)(H,20,21). The number of nitrogens with one attached hydrogen (secondary N) is 1. The van der Waals surface area contributed by atoms with Gasteiger partial charge in [0.2, 0.25) is 5.91 Å². The first-order valence-electron chi connectivity index (χ1n) is 7.69. The third-order valence-corrected chi connectivity index (χ3v) is 5.11. The molecule has 0 aliphatic heterocycles. The second-order valence-corrected chi connectivity index (χ2v) is 7.66. The number of carboxylic acid groups (broad SMARTS) is 1. The Morgan fingerprint density at radius 3 is 2.44 bits per heavy atom. The molecule has 0 unspecified atom stereocenters. The molecule has 0 radical (unpaired) electrons. The average Bonchev–Trinajstić information content (AvgIpc) is 2.53. The lowest BCUT2D eigenvalue weighted by atomic mass is 10.1. The molecule has 0 saturated carbocycles. The predicted octanol–water partition coefficient (Wildman–Crippen LogP) is 2.07. The topological polar surface area (TPSA) is 110 Å². The van der Waals surface area contributed by atoms with Crippen molar-refractivity contribution in [2.45, 2.75) is 13.3 Å². The number of amides is 1. The van der Waals surface area contributed by atoms with Crippen molar-refractivity contribution in [1.29, 1.82) is 0 Å². The Morgan fingerprint density at radius 2 is 1.80 bits per heavy atom. The highest BCUT2D eigenvalue weighted by atomic mass is 32.2. The van der Waals surface area contributed by atoms with E-state index in [-0.39, 0.29) is 5.75 Å². The molecule has 0 spiro atoms. The van der Waals surface area contributed by atoms with Crippen LogP contribution >= 0.6 is 0 Å². The Labute approximate surface area is 145 Å². The van der Waals surface area contributed by atoms with E-state index >= 15 is 0 Å². The van der Waals surface area contributed by atoms with Gasteiger partial charge in [-0.1, -0.05) is 31.2 Å². The summed E-state index contributed by atoms with van der Waals surface area (Å²) in [5.74, 6) is -1.95. The zero-order valence-corrected chi connectivity index (χ0v) is 14.5. The van der Waals surface area contributed by atoms with Crippen molar-refractivity contribution < 1.29 is 27.9 Å². The molecule has 8 heteroatoms. The Kier molecular flexibility index (Phi) is 5.97. The van der Waals surface area contributed by atoms with Gasteiger partial charge in [0.15, 0.2) is 16.4 Å². The van der Waals surface area contributed by atoms with E-state index in [1.807, 2.05) is 0 Å². The van der Waals surface area contributed by atoms with E-state index < -0.39 is 34.1 Å². The number of aliphatic carboxylic acids is 1. The molecule has 0 aliphatic carbocycles. The van der Waals surface area contributed by atoms with Gasteiger partial charge in [0, 0.05) is 16.5 Å². The molecule has 0 saturated heterocycles. The van der Waals surface area contributed by atoms with Crippen molar-refractivity contribution in [1.82, 2.24) is 0 Å². The molecule has 7 nitrogen and oxygen atoms in total. The Hall–Kier alpha value is -2.61. The molecule has 1 amide bonds. The van der Waals surface area contributed by atoms with Crippen LogP contribution in [0, 0.1) is 0 Å². The van der Waals surface area contributed by atoms with E-state index in [4.69, 9.17) is 9.84 Å². The van der Waals surface area contributed by atoms with E-state index in [1.165, 1.54) is 0 Å². The number of carbonyl (C=O) groups excluding carboxylic acids is 1. The van der Waals surface area contributed by atoms with Gasteiger partial charge in [-0.25, -0.2) is 13.2 Å². The maximum Gasteiger partial charge on any atom is 0.341 e. The number of fused-ring (bicyclic) bond motifs is 1. The van der Waals surface area contributed by atoms with Gasteiger partial charge in [-0.2, -0.15) is 0 Å². The Morgan fingerprint density at radius 1 is 1.12 bits per heavy atom. The maximum absolute atomic E-state index is 12.0. The zero-order valence-electron chi connectivity index (χ0n) is 13.7. The Balaban J connectivity index is 2.26. The molecule has 0 heterocycles. The maximum atomic E-state index is 12.0. The van der Waals surface area contributed by atoms with Crippen LogP contribution in [0.15, 0.2) is 36.4 Å². The van der Waals surface area contributed by atoms with E-state index in [9.17, 15) is 18.0 Å². The fraction of sp³-hybridized carbons (Fsp3) is 0.294. The lowest BCUT2D eigenvalue weighted by Crippen LogP contribution is -2.24. The number of rotatable bonds is 8. The van der Waals surface area contributed by atoms with Crippen LogP contribution in [0.5, 0.6) is 5.75 Å². The molecule has 0 aliphatic rings. The van der Waals surface area contributed by atoms with Gasteiger partial charge in [0.1, 0.15) is 11.5 Å². The van der Waals surface area contributed by atoms with E-state index in [0.717, 1.165) is 0 Å². The number of anilines is 1. The van der Waals surface area contributed by atoms with Crippen LogP contribution in [0.4, 0.5) is 5.69 Å². The molecular weight excluding hydrogens is 346 g/mol. The van der Waals surface area contributed by atoms with Crippen LogP contribution in [0.2, 0.25) is 0 Å². The quantitative estimate of drug-likeness (QED) is 0.741. The summed E-state index contributed by atoms with van der Waals surface area (Å²) in [6, 6.07) is 10.1. The fourth-order valence-electron chi connectivity index (χ4n) is 2.41. The van der Waals surface area contributed by atoms with Gasteiger partial charge in [0.05, 0.1) is 5.75 Å². The van der Waals surface area contributed by atoms with Gasteiger partial charge in [-0.15, -0.1) is 0 Å². The molecule has 2 rings (SSSR count). The predicted molar refractivity (Wildman–Crippen MR) is 94.7 cm³/mol. The van der Waals surface area contributed by atoms with Crippen LogP contribution in [-0.2, 0) is 19.4 Å². The first kappa shape index (κ1) is 18.7. The molecular formula is C17H19NO6S. The van der Waals surface area contributed by atoms with E-state index in [0.29, 0.717) is 28.6 Å². The number of benzene rings is 2. The Bertz CT molecular complexity index is 891. The van der Waals surface area contributed by atoms with Crippen molar-refractivity contribution >= 4 is 38.2 Å². The smallest absolute Gasteiger partial charge is 0.341 e. The summed E-state index contributed by atoms with van der Waals surface area (Å²) in [5.41, 5.74) is 0.440. The zero-order chi connectivity index (χ0) is 18.4. The molecule has 0 aromatic heterocycles. The highest BCUT2D eigenvalue weighted by Crippen LogP contribution is 2.31. The van der Waals surface area contributed by atoms with E-state index in [2.05, 4.69) is 5.32 Å². The van der Waals surface area contributed by atoms with Crippen LogP contribution in [0.1, 0.15) is 13.3 Å². The average molecular weight is 365 g/mol. The first-order chi connectivity index (χ1) is 11.8. The number of sulfone groups is 1. The number of carboxylic acids is 1. The second-order valence-electron chi connectivity index (χ2n) is 5.48. The van der Waals surface area contributed by atoms with Crippen LogP contribution in [0.3, 0.4) is 0 Å². The van der Waals surface area contributed by atoms with Gasteiger partial charge >= 0.3 is 5.97 Å². The normalized spacial score (nSPS) is 11.2. The molecule has 0 atom stereocenters. The molecule has 25 heavy (non-hydrogen) atoms. The van der Waals surface area contributed by atoms with Crippen LogP contribution in [-0.4, -0.2) is 43.5 Å². The number of hydrogen-bond donors (Lipinski definition) is 2. The monoisotopic (exact) mass is 365 g/mol. The summed E-state index contributed by atoms with van der Waals surface area (Å²) in [6.45, 7) is 1.25. The summed E-state index contributed by atoms with van der Waals surface area (Å²) in [4.78, 5) is 22.7. The van der Waals surface area contributed by atoms with Crippen LogP contribution in [0.25, 0.3) is 10.8 Å². The SMILES string of the molecule is CCCS(=O)(=O)CC(=O)Nc1ccc(OCC(=O)O)c2ccccc12. The lowest BCUT2D eigenvalue weighted by Gasteiger charge is -2.12. The van der Waals surface area contributed by atoms with Gasteiger partial charge < -0.3 is 15.2 Å². The molecule has 0 fully saturated rings. The molecule has 2 aromatic carbocycles. The van der Waals surface area contributed by atoms with Gasteiger partial charge in [-0.3, -0.25) is 4.79 Å². The highest BCUT2D eigenvalue weighted by molar-refractivity contribution is 7.92. The molecule has 2 aromatic rings. The third-order valence-electron chi connectivity index (χ3n) is 3.38. The summed E-state index contributed by atoms with van der Waals surface area (Å²) in [5, 5.41) is 12.6. The second kappa shape index (κ2) is 7.98.